The van der Waals surface area contributed by atoms with Gasteiger partial charge in [0.1, 0.15) is 0 Å². The number of fused-ring (bicyclic) bond motifs is 1. The standard InChI is InChI=1S/C15H8N2O2S/c16-8-9-1-3-10(4-2-9)14(18)11-5-6-12-13(7-11)20-15(19)17-12/h1-7H,(H,17,19). The summed E-state index contributed by atoms with van der Waals surface area (Å²) in [5, 5.41) is 8.74. The Bertz CT molecular complexity index is 898. The second-order valence-electron chi connectivity index (χ2n) is 4.24. The molecule has 3 rings (SSSR count). The average Bonchev–Trinajstić information content (AvgIpc) is 2.85. The molecule has 0 spiro atoms. The van der Waals surface area contributed by atoms with Gasteiger partial charge in [0, 0.05) is 11.1 Å². The molecule has 0 aliphatic heterocycles. The minimum Gasteiger partial charge on any atom is -0.312 e. The van der Waals surface area contributed by atoms with E-state index in [0.29, 0.717) is 16.7 Å². The van der Waals surface area contributed by atoms with E-state index >= 15 is 0 Å². The summed E-state index contributed by atoms with van der Waals surface area (Å²) in [7, 11) is 0. The molecule has 5 heteroatoms. The van der Waals surface area contributed by atoms with Crippen LogP contribution in [0, 0.1) is 11.3 Å². The van der Waals surface area contributed by atoms with E-state index < -0.39 is 0 Å². The Kier molecular flexibility index (Phi) is 2.93. The Labute approximate surface area is 117 Å². The van der Waals surface area contributed by atoms with E-state index in [1.165, 1.54) is 0 Å². The van der Waals surface area contributed by atoms with Crippen molar-refractivity contribution in [1.29, 1.82) is 5.26 Å². The topological polar surface area (TPSA) is 73.7 Å². The van der Waals surface area contributed by atoms with Gasteiger partial charge in [-0.15, -0.1) is 0 Å². The van der Waals surface area contributed by atoms with Crippen LogP contribution >= 0.6 is 11.3 Å². The predicted octanol–water partition coefficient (Wildman–Crippen LogP) is 2.69. The van der Waals surface area contributed by atoms with Gasteiger partial charge in [0.25, 0.3) is 0 Å². The summed E-state index contributed by atoms with van der Waals surface area (Å²) in [6, 6.07) is 13.6. The van der Waals surface area contributed by atoms with Crippen LogP contribution < -0.4 is 4.87 Å². The van der Waals surface area contributed by atoms with E-state index in [0.717, 1.165) is 21.6 Å². The highest BCUT2D eigenvalue weighted by Crippen LogP contribution is 2.19. The van der Waals surface area contributed by atoms with Crippen LogP contribution in [0.2, 0.25) is 0 Å². The van der Waals surface area contributed by atoms with Crippen LogP contribution in [-0.4, -0.2) is 10.8 Å². The molecule has 4 nitrogen and oxygen atoms in total. The van der Waals surface area contributed by atoms with Crippen LogP contribution in [0.1, 0.15) is 21.5 Å². The van der Waals surface area contributed by atoms with Crippen molar-refractivity contribution < 1.29 is 4.79 Å². The summed E-state index contributed by atoms with van der Waals surface area (Å²) < 4.78 is 0.759. The highest BCUT2D eigenvalue weighted by atomic mass is 32.1. The number of nitriles is 1. The predicted molar refractivity (Wildman–Crippen MR) is 77.0 cm³/mol. The fraction of sp³-hybridized carbons (Fsp3) is 0. The van der Waals surface area contributed by atoms with Gasteiger partial charge in [-0.3, -0.25) is 9.59 Å². The zero-order valence-electron chi connectivity index (χ0n) is 10.2. The van der Waals surface area contributed by atoms with Gasteiger partial charge in [0.05, 0.1) is 21.8 Å². The second-order valence-corrected chi connectivity index (χ2v) is 5.26. The second kappa shape index (κ2) is 4.76. The molecule has 1 N–H and O–H groups in total. The minimum absolute atomic E-state index is 0.128. The van der Waals surface area contributed by atoms with Gasteiger partial charge in [-0.05, 0) is 42.5 Å². The third kappa shape index (κ3) is 2.13. The number of carbonyl (C=O) groups is 1. The molecule has 0 aliphatic carbocycles. The summed E-state index contributed by atoms with van der Waals surface area (Å²) in [6.07, 6.45) is 0. The number of nitrogens with zero attached hydrogens (tertiary/aromatic N) is 1. The lowest BCUT2D eigenvalue weighted by Gasteiger charge is -2.01. The fourth-order valence-corrected chi connectivity index (χ4v) is 2.73. The third-order valence-corrected chi connectivity index (χ3v) is 3.80. The molecule has 1 aromatic heterocycles. The fourth-order valence-electron chi connectivity index (χ4n) is 1.95. The van der Waals surface area contributed by atoms with Gasteiger partial charge < -0.3 is 4.98 Å². The molecule has 0 atom stereocenters. The number of rotatable bonds is 2. The average molecular weight is 280 g/mol. The van der Waals surface area contributed by atoms with Crippen LogP contribution in [0.15, 0.2) is 47.3 Å². The zero-order chi connectivity index (χ0) is 14.1. The number of benzene rings is 2. The van der Waals surface area contributed by atoms with Crippen molar-refractivity contribution in [2.45, 2.75) is 0 Å². The first kappa shape index (κ1) is 12.3. The maximum Gasteiger partial charge on any atom is 0.305 e. The van der Waals surface area contributed by atoms with Crippen molar-refractivity contribution in [2.24, 2.45) is 0 Å². The Hall–Kier alpha value is -2.71. The van der Waals surface area contributed by atoms with Gasteiger partial charge in [0.2, 0.25) is 0 Å². The number of H-pyrrole nitrogens is 1. The largest absolute Gasteiger partial charge is 0.312 e. The van der Waals surface area contributed by atoms with E-state index in [1.807, 2.05) is 6.07 Å². The number of hydrogen-bond acceptors (Lipinski definition) is 4. The van der Waals surface area contributed by atoms with Crippen molar-refractivity contribution in [1.82, 2.24) is 4.98 Å². The van der Waals surface area contributed by atoms with Crippen molar-refractivity contribution >= 4 is 27.3 Å². The maximum absolute atomic E-state index is 12.3. The van der Waals surface area contributed by atoms with Crippen LogP contribution in [0.25, 0.3) is 10.2 Å². The van der Waals surface area contributed by atoms with Crippen LogP contribution in [-0.2, 0) is 0 Å². The van der Waals surface area contributed by atoms with Crippen molar-refractivity contribution in [3.8, 4) is 6.07 Å². The van der Waals surface area contributed by atoms with E-state index in [9.17, 15) is 9.59 Å². The monoisotopic (exact) mass is 280 g/mol. The summed E-state index contributed by atoms with van der Waals surface area (Å²) >= 11 is 1.08. The number of thiazole rings is 1. The van der Waals surface area contributed by atoms with Crippen LogP contribution in [0.4, 0.5) is 0 Å². The molecule has 20 heavy (non-hydrogen) atoms. The van der Waals surface area contributed by atoms with E-state index in [1.54, 1.807) is 42.5 Å². The molecule has 1 heterocycles. The first-order valence-electron chi connectivity index (χ1n) is 5.85. The van der Waals surface area contributed by atoms with Gasteiger partial charge in [-0.2, -0.15) is 5.26 Å². The molecule has 2 aromatic carbocycles. The lowest BCUT2D eigenvalue weighted by Crippen LogP contribution is -2.00. The number of aromatic amines is 1. The molecule has 0 amide bonds. The molecule has 0 saturated carbocycles. The molecular formula is C15H8N2O2S. The summed E-state index contributed by atoms with van der Waals surface area (Å²) in [5.41, 5.74) is 2.29. The Morgan fingerprint density at radius 1 is 1.10 bits per heavy atom. The molecule has 0 fully saturated rings. The molecule has 0 saturated heterocycles. The first-order valence-corrected chi connectivity index (χ1v) is 6.67. The van der Waals surface area contributed by atoms with E-state index in [-0.39, 0.29) is 10.7 Å². The third-order valence-electron chi connectivity index (χ3n) is 2.96. The van der Waals surface area contributed by atoms with Gasteiger partial charge in [-0.1, -0.05) is 11.3 Å². The molecular weight excluding hydrogens is 272 g/mol. The highest BCUT2D eigenvalue weighted by molar-refractivity contribution is 7.16. The van der Waals surface area contributed by atoms with Gasteiger partial charge in [0.15, 0.2) is 5.78 Å². The summed E-state index contributed by atoms with van der Waals surface area (Å²) in [5.74, 6) is -0.128. The summed E-state index contributed by atoms with van der Waals surface area (Å²) in [4.78, 5) is 26.1. The van der Waals surface area contributed by atoms with Crippen molar-refractivity contribution in [2.75, 3.05) is 0 Å². The normalized spacial score (nSPS) is 10.3. The number of hydrogen-bond donors (Lipinski definition) is 1. The number of ketones is 1. The lowest BCUT2D eigenvalue weighted by molar-refractivity contribution is 0.103. The Morgan fingerprint density at radius 3 is 2.50 bits per heavy atom. The first-order chi connectivity index (χ1) is 9.67. The van der Waals surface area contributed by atoms with Crippen molar-refractivity contribution in [3.63, 3.8) is 0 Å². The SMILES string of the molecule is N#Cc1ccc(C(=O)c2ccc3[nH]c(=O)sc3c2)cc1. The minimum atomic E-state index is -0.136. The van der Waals surface area contributed by atoms with Gasteiger partial charge >= 0.3 is 4.87 Å². The highest BCUT2D eigenvalue weighted by Gasteiger charge is 2.10. The van der Waals surface area contributed by atoms with Crippen LogP contribution in [0.5, 0.6) is 0 Å². The smallest absolute Gasteiger partial charge is 0.305 e. The molecule has 96 valence electrons. The van der Waals surface area contributed by atoms with E-state index in [4.69, 9.17) is 5.26 Å². The Balaban J connectivity index is 2.02. The number of aromatic nitrogens is 1. The molecule has 0 unspecified atom stereocenters. The van der Waals surface area contributed by atoms with Crippen molar-refractivity contribution in [3.05, 3.63) is 68.8 Å². The number of carbonyl (C=O) groups excluding carboxylic acids is 1. The zero-order valence-corrected chi connectivity index (χ0v) is 11.0. The van der Waals surface area contributed by atoms with Crippen LogP contribution in [0.3, 0.4) is 0 Å². The Morgan fingerprint density at radius 2 is 1.80 bits per heavy atom. The quantitative estimate of drug-likeness (QED) is 0.733. The molecule has 0 bridgehead atoms. The summed E-state index contributed by atoms with van der Waals surface area (Å²) in [6.45, 7) is 0. The van der Waals surface area contributed by atoms with E-state index in [2.05, 4.69) is 4.98 Å². The maximum atomic E-state index is 12.3. The van der Waals surface area contributed by atoms with Gasteiger partial charge in [-0.25, -0.2) is 0 Å². The molecule has 3 aromatic rings. The molecule has 0 aliphatic rings. The number of nitrogens with one attached hydrogen (secondary N) is 1. The lowest BCUT2D eigenvalue weighted by atomic mass is 10.0. The molecule has 0 radical (unpaired) electrons.